The summed E-state index contributed by atoms with van der Waals surface area (Å²) in [7, 11) is -3.61. The Hall–Kier alpha value is -1.93. The number of rotatable bonds is 4. The van der Waals surface area contributed by atoms with E-state index >= 15 is 0 Å². The first-order valence-electron chi connectivity index (χ1n) is 4.69. The number of aromatic nitrogens is 2. The first-order chi connectivity index (χ1) is 8.08. The monoisotopic (exact) mass is 254 g/mol. The molecule has 0 atom stereocenters. The molecule has 2 aromatic rings. The van der Waals surface area contributed by atoms with E-state index in [1.54, 1.807) is 6.07 Å². The molecule has 3 N–H and O–H groups in total. The molecule has 7 nitrogen and oxygen atoms in total. The topological polar surface area (TPSA) is 111 Å². The molecule has 0 aliphatic carbocycles. The lowest BCUT2D eigenvalue weighted by Gasteiger charge is -2.04. The Morgan fingerprint density at radius 2 is 2.18 bits per heavy atom. The first kappa shape index (κ1) is 11.6. The first-order valence-corrected chi connectivity index (χ1v) is 6.17. The third-order valence-corrected chi connectivity index (χ3v) is 3.38. The number of nitrogens with one attached hydrogen (secondary N) is 1. The number of nitrogens with two attached hydrogens (primary N) is 1. The number of nitrogens with zero attached hydrogens (tertiary/aromatic N) is 2. The van der Waals surface area contributed by atoms with E-state index in [0.29, 0.717) is 5.76 Å². The van der Waals surface area contributed by atoms with Gasteiger partial charge in [0, 0.05) is 12.3 Å². The van der Waals surface area contributed by atoms with Crippen molar-refractivity contribution < 1.29 is 12.9 Å². The highest BCUT2D eigenvalue weighted by atomic mass is 32.2. The third-order valence-electron chi connectivity index (χ3n) is 2.00. The molecule has 0 saturated heterocycles. The smallest absolute Gasteiger partial charge is 0.242 e. The van der Waals surface area contributed by atoms with Crippen molar-refractivity contribution in [2.24, 2.45) is 0 Å². The SMILES string of the molecule is Nc1ccc(S(=O)(=O)NCc2ccno2)cn1. The second-order valence-corrected chi connectivity index (χ2v) is 4.99. The maximum Gasteiger partial charge on any atom is 0.242 e. The predicted molar refractivity (Wildman–Crippen MR) is 59.2 cm³/mol. The Morgan fingerprint density at radius 3 is 2.76 bits per heavy atom. The van der Waals surface area contributed by atoms with Crippen LogP contribution in [0.15, 0.2) is 40.0 Å². The third kappa shape index (κ3) is 2.80. The Kier molecular flexibility index (Phi) is 3.07. The van der Waals surface area contributed by atoms with E-state index in [-0.39, 0.29) is 17.3 Å². The summed E-state index contributed by atoms with van der Waals surface area (Å²) in [5.74, 6) is 0.691. The molecule has 0 radical (unpaired) electrons. The van der Waals surface area contributed by atoms with Gasteiger partial charge in [-0.25, -0.2) is 18.1 Å². The second kappa shape index (κ2) is 4.52. The van der Waals surface area contributed by atoms with Crippen molar-refractivity contribution in [3.63, 3.8) is 0 Å². The van der Waals surface area contributed by atoms with E-state index < -0.39 is 10.0 Å². The number of anilines is 1. The largest absolute Gasteiger partial charge is 0.384 e. The van der Waals surface area contributed by atoms with Gasteiger partial charge in [-0.15, -0.1) is 0 Å². The fourth-order valence-electron chi connectivity index (χ4n) is 1.13. The van der Waals surface area contributed by atoms with Crippen LogP contribution in [0.5, 0.6) is 0 Å². The van der Waals surface area contributed by atoms with E-state index in [1.807, 2.05) is 0 Å². The summed E-state index contributed by atoms with van der Waals surface area (Å²) in [6, 6.07) is 4.37. The number of hydrogen-bond acceptors (Lipinski definition) is 6. The maximum absolute atomic E-state index is 11.8. The van der Waals surface area contributed by atoms with E-state index in [1.165, 1.54) is 24.5 Å². The molecule has 90 valence electrons. The summed E-state index contributed by atoms with van der Waals surface area (Å²) in [5.41, 5.74) is 5.37. The van der Waals surface area contributed by atoms with Crippen molar-refractivity contribution in [3.8, 4) is 0 Å². The molecule has 17 heavy (non-hydrogen) atoms. The van der Waals surface area contributed by atoms with E-state index in [0.717, 1.165) is 0 Å². The Morgan fingerprint density at radius 1 is 1.35 bits per heavy atom. The molecular formula is C9H10N4O3S. The van der Waals surface area contributed by atoms with Gasteiger partial charge in [0.2, 0.25) is 10.0 Å². The van der Waals surface area contributed by atoms with Gasteiger partial charge in [0.05, 0.1) is 12.7 Å². The van der Waals surface area contributed by atoms with Crippen molar-refractivity contribution in [2.75, 3.05) is 5.73 Å². The molecule has 0 amide bonds. The number of sulfonamides is 1. The molecule has 2 heterocycles. The number of hydrogen-bond donors (Lipinski definition) is 2. The van der Waals surface area contributed by atoms with Gasteiger partial charge in [-0.05, 0) is 12.1 Å². The number of nitrogen functional groups attached to an aromatic ring is 1. The zero-order valence-corrected chi connectivity index (χ0v) is 9.52. The molecule has 2 aromatic heterocycles. The minimum atomic E-state index is -3.61. The van der Waals surface area contributed by atoms with Crippen LogP contribution < -0.4 is 10.5 Å². The average molecular weight is 254 g/mol. The zero-order chi connectivity index (χ0) is 12.3. The quantitative estimate of drug-likeness (QED) is 0.802. The van der Waals surface area contributed by atoms with Gasteiger partial charge in [-0.2, -0.15) is 0 Å². The van der Waals surface area contributed by atoms with Crippen molar-refractivity contribution in [1.29, 1.82) is 0 Å². The highest BCUT2D eigenvalue weighted by Gasteiger charge is 2.14. The van der Waals surface area contributed by atoms with E-state index in [2.05, 4.69) is 14.9 Å². The van der Waals surface area contributed by atoms with Crippen LogP contribution in [0.4, 0.5) is 5.82 Å². The minimum absolute atomic E-state index is 0.0344. The van der Waals surface area contributed by atoms with Gasteiger partial charge in [-0.3, -0.25) is 0 Å². The van der Waals surface area contributed by atoms with Crippen LogP contribution in [0.25, 0.3) is 0 Å². The zero-order valence-electron chi connectivity index (χ0n) is 8.70. The normalized spacial score (nSPS) is 11.5. The van der Waals surface area contributed by atoms with Crippen LogP contribution in [-0.4, -0.2) is 18.6 Å². The van der Waals surface area contributed by atoms with Gasteiger partial charge >= 0.3 is 0 Å². The van der Waals surface area contributed by atoms with Crippen molar-refractivity contribution in [2.45, 2.75) is 11.4 Å². The fraction of sp³-hybridized carbons (Fsp3) is 0.111. The molecular weight excluding hydrogens is 244 g/mol. The van der Waals surface area contributed by atoms with E-state index in [4.69, 9.17) is 10.3 Å². The summed E-state index contributed by atoms with van der Waals surface area (Å²) in [6.07, 6.45) is 2.63. The molecule has 0 unspecified atom stereocenters. The molecule has 0 fully saturated rings. The van der Waals surface area contributed by atoms with E-state index in [9.17, 15) is 8.42 Å². The standard InChI is InChI=1S/C9H10N4O3S/c10-9-2-1-8(6-11-9)17(14,15)13-5-7-3-4-12-16-7/h1-4,6,13H,5H2,(H2,10,11). The Labute approximate surface area is 97.7 Å². The molecule has 0 bridgehead atoms. The molecule has 8 heteroatoms. The molecule has 0 aliphatic rings. The Balaban J connectivity index is 2.11. The predicted octanol–water partition coefficient (Wildman–Crippen LogP) is 0.130. The Bertz CT molecular complexity index is 577. The number of pyridine rings is 1. The van der Waals surface area contributed by atoms with Gasteiger partial charge in [0.15, 0.2) is 5.76 Å². The average Bonchev–Trinajstić information content (AvgIpc) is 2.80. The van der Waals surface area contributed by atoms with Gasteiger partial charge in [-0.1, -0.05) is 5.16 Å². The lowest BCUT2D eigenvalue weighted by atomic mass is 10.5. The molecule has 0 aliphatic heterocycles. The van der Waals surface area contributed by atoms with Gasteiger partial charge in [0.1, 0.15) is 10.7 Å². The maximum atomic E-state index is 11.8. The van der Waals surface area contributed by atoms with Crippen LogP contribution in [0.3, 0.4) is 0 Å². The summed E-state index contributed by atoms with van der Waals surface area (Å²) in [5, 5.41) is 3.47. The highest BCUT2D eigenvalue weighted by Crippen LogP contribution is 2.09. The molecule has 0 aromatic carbocycles. The molecule has 2 rings (SSSR count). The minimum Gasteiger partial charge on any atom is -0.384 e. The lowest BCUT2D eigenvalue weighted by molar-refractivity contribution is 0.380. The van der Waals surface area contributed by atoms with Crippen LogP contribution >= 0.6 is 0 Å². The van der Waals surface area contributed by atoms with Crippen LogP contribution in [0.2, 0.25) is 0 Å². The van der Waals surface area contributed by atoms with Gasteiger partial charge < -0.3 is 10.3 Å². The van der Waals surface area contributed by atoms with Crippen molar-refractivity contribution in [3.05, 3.63) is 36.4 Å². The van der Waals surface area contributed by atoms with Crippen LogP contribution in [0, 0.1) is 0 Å². The lowest BCUT2D eigenvalue weighted by Crippen LogP contribution is -2.23. The fourth-order valence-corrected chi connectivity index (χ4v) is 2.07. The van der Waals surface area contributed by atoms with Crippen LogP contribution in [0.1, 0.15) is 5.76 Å². The summed E-state index contributed by atoms with van der Waals surface area (Å²) < 4.78 is 30.7. The van der Waals surface area contributed by atoms with Crippen LogP contribution in [-0.2, 0) is 16.6 Å². The van der Waals surface area contributed by atoms with Gasteiger partial charge in [0.25, 0.3) is 0 Å². The van der Waals surface area contributed by atoms with Crippen molar-refractivity contribution >= 4 is 15.8 Å². The molecule has 0 spiro atoms. The van der Waals surface area contributed by atoms with Crippen molar-refractivity contribution in [1.82, 2.24) is 14.9 Å². The second-order valence-electron chi connectivity index (χ2n) is 3.22. The summed E-state index contributed by atoms with van der Waals surface area (Å²) >= 11 is 0. The highest BCUT2D eigenvalue weighted by molar-refractivity contribution is 7.89. The summed E-state index contributed by atoms with van der Waals surface area (Å²) in [6.45, 7) is 0.0344. The summed E-state index contributed by atoms with van der Waals surface area (Å²) in [4.78, 5) is 3.76. The molecule has 0 saturated carbocycles.